The van der Waals surface area contributed by atoms with E-state index in [-0.39, 0.29) is 22.5 Å². The third-order valence-corrected chi connectivity index (χ3v) is 5.63. The van der Waals surface area contributed by atoms with E-state index in [0.29, 0.717) is 5.56 Å². The maximum Gasteiger partial charge on any atom is 0.270 e. The predicted octanol–water partition coefficient (Wildman–Crippen LogP) is 2.74. The molecule has 3 rings (SSSR count). The molecule has 0 spiro atoms. The molecule has 1 aliphatic rings. The van der Waals surface area contributed by atoms with E-state index in [0.717, 1.165) is 18.1 Å². The van der Waals surface area contributed by atoms with Crippen molar-refractivity contribution < 1.29 is 13.3 Å². The van der Waals surface area contributed by atoms with Gasteiger partial charge in [-0.2, -0.15) is 0 Å². The summed E-state index contributed by atoms with van der Waals surface area (Å²) < 4.78 is 27.7. The monoisotopic (exact) mass is 332 g/mol. The molecule has 1 fully saturated rings. The number of nitro groups is 1. The summed E-state index contributed by atoms with van der Waals surface area (Å²) in [5.41, 5.74) is 1.35. The molecule has 7 heteroatoms. The van der Waals surface area contributed by atoms with Crippen molar-refractivity contribution in [1.29, 1.82) is 0 Å². The van der Waals surface area contributed by atoms with E-state index in [1.165, 1.54) is 12.1 Å². The second-order valence-electron chi connectivity index (χ2n) is 5.69. The zero-order valence-electron chi connectivity index (χ0n) is 12.5. The van der Waals surface area contributed by atoms with Crippen molar-refractivity contribution in [3.63, 3.8) is 0 Å². The smallest absolute Gasteiger partial charge is 0.258 e. The van der Waals surface area contributed by atoms with Gasteiger partial charge in [0.05, 0.1) is 9.82 Å². The van der Waals surface area contributed by atoms with Gasteiger partial charge in [0.1, 0.15) is 0 Å². The molecule has 0 saturated heterocycles. The van der Waals surface area contributed by atoms with E-state index in [1.54, 1.807) is 6.92 Å². The molecule has 1 N–H and O–H groups in total. The molecule has 2 atom stereocenters. The zero-order chi connectivity index (χ0) is 16.6. The van der Waals surface area contributed by atoms with Crippen molar-refractivity contribution in [3.8, 4) is 0 Å². The van der Waals surface area contributed by atoms with Gasteiger partial charge in [0.2, 0.25) is 10.0 Å². The summed E-state index contributed by atoms with van der Waals surface area (Å²) in [6, 6.07) is 13.4. The topological polar surface area (TPSA) is 89.3 Å². The zero-order valence-corrected chi connectivity index (χ0v) is 13.3. The number of nitro benzene ring substituents is 1. The maximum absolute atomic E-state index is 12.5. The van der Waals surface area contributed by atoms with Gasteiger partial charge in [-0.25, -0.2) is 13.1 Å². The summed E-state index contributed by atoms with van der Waals surface area (Å²) in [6.45, 7) is 1.62. The highest BCUT2D eigenvalue weighted by molar-refractivity contribution is 7.89. The lowest BCUT2D eigenvalue weighted by atomic mass is 10.1. The van der Waals surface area contributed by atoms with Gasteiger partial charge >= 0.3 is 0 Å². The van der Waals surface area contributed by atoms with E-state index >= 15 is 0 Å². The summed E-state index contributed by atoms with van der Waals surface area (Å²) in [5, 5.41) is 10.9. The fourth-order valence-corrected chi connectivity index (χ4v) is 4.20. The fourth-order valence-electron chi connectivity index (χ4n) is 2.65. The lowest BCUT2D eigenvalue weighted by Gasteiger charge is -2.09. The lowest BCUT2D eigenvalue weighted by Crippen LogP contribution is -2.27. The third kappa shape index (κ3) is 3.25. The van der Waals surface area contributed by atoms with Crippen LogP contribution in [0.25, 0.3) is 0 Å². The van der Waals surface area contributed by atoms with Crippen molar-refractivity contribution in [2.75, 3.05) is 0 Å². The number of rotatable bonds is 5. The first-order valence-electron chi connectivity index (χ1n) is 7.21. The highest BCUT2D eigenvalue weighted by Crippen LogP contribution is 2.41. The quantitative estimate of drug-likeness (QED) is 0.673. The molecule has 0 aliphatic heterocycles. The van der Waals surface area contributed by atoms with Crippen molar-refractivity contribution in [2.45, 2.75) is 30.2 Å². The van der Waals surface area contributed by atoms with E-state index in [9.17, 15) is 18.5 Å². The molecule has 2 aromatic rings. The fraction of sp³-hybridized carbons (Fsp3) is 0.250. The highest BCUT2D eigenvalue weighted by Gasteiger charge is 2.41. The predicted molar refractivity (Wildman–Crippen MR) is 85.7 cm³/mol. The summed E-state index contributed by atoms with van der Waals surface area (Å²) in [5.74, 6) is 0.157. The van der Waals surface area contributed by atoms with Crippen LogP contribution >= 0.6 is 0 Å². The molecule has 0 radical (unpaired) electrons. The van der Waals surface area contributed by atoms with Gasteiger partial charge < -0.3 is 0 Å². The Morgan fingerprint density at radius 3 is 2.52 bits per heavy atom. The molecule has 23 heavy (non-hydrogen) atoms. The number of aryl methyl sites for hydroxylation is 1. The Labute approximate surface area is 134 Å². The van der Waals surface area contributed by atoms with Crippen LogP contribution in [-0.2, 0) is 10.0 Å². The van der Waals surface area contributed by atoms with Crippen LogP contribution in [0.3, 0.4) is 0 Å². The molecule has 2 aromatic carbocycles. The first-order valence-corrected chi connectivity index (χ1v) is 8.69. The van der Waals surface area contributed by atoms with Crippen molar-refractivity contribution in [3.05, 3.63) is 69.8 Å². The van der Waals surface area contributed by atoms with Crippen LogP contribution in [0.4, 0.5) is 5.69 Å². The third-order valence-electron chi connectivity index (χ3n) is 4.00. The molecule has 0 aromatic heterocycles. The Bertz CT molecular complexity index is 850. The van der Waals surface area contributed by atoms with Crippen LogP contribution in [0, 0.1) is 17.0 Å². The first kappa shape index (κ1) is 15.6. The van der Waals surface area contributed by atoms with Gasteiger partial charge in [-0.15, -0.1) is 0 Å². The minimum Gasteiger partial charge on any atom is -0.258 e. The van der Waals surface area contributed by atoms with Gasteiger partial charge in [-0.1, -0.05) is 36.4 Å². The van der Waals surface area contributed by atoms with Crippen LogP contribution in [-0.4, -0.2) is 19.4 Å². The molecule has 0 heterocycles. The Hall–Kier alpha value is -2.25. The van der Waals surface area contributed by atoms with Crippen molar-refractivity contribution in [1.82, 2.24) is 4.72 Å². The van der Waals surface area contributed by atoms with Gasteiger partial charge in [-0.05, 0) is 24.5 Å². The molecule has 0 bridgehead atoms. The number of nitrogens with one attached hydrogen (secondary N) is 1. The van der Waals surface area contributed by atoms with Crippen molar-refractivity contribution in [2.24, 2.45) is 0 Å². The lowest BCUT2D eigenvalue weighted by molar-refractivity contribution is -0.385. The Morgan fingerprint density at radius 2 is 1.87 bits per heavy atom. The molecule has 1 saturated carbocycles. The van der Waals surface area contributed by atoms with Gasteiger partial charge in [0.25, 0.3) is 5.69 Å². The number of sulfonamides is 1. The van der Waals surface area contributed by atoms with Crippen LogP contribution < -0.4 is 4.72 Å². The normalized spacial score (nSPS) is 20.2. The Kier molecular flexibility index (Phi) is 3.91. The van der Waals surface area contributed by atoms with Gasteiger partial charge in [0, 0.05) is 24.1 Å². The average molecular weight is 332 g/mol. The van der Waals surface area contributed by atoms with Crippen LogP contribution in [0.15, 0.2) is 53.4 Å². The maximum atomic E-state index is 12.5. The largest absolute Gasteiger partial charge is 0.270 e. The van der Waals surface area contributed by atoms with E-state index in [2.05, 4.69) is 4.72 Å². The van der Waals surface area contributed by atoms with Crippen LogP contribution in [0.5, 0.6) is 0 Å². The van der Waals surface area contributed by atoms with E-state index in [4.69, 9.17) is 0 Å². The first-order chi connectivity index (χ1) is 10.9. The minimum absolute atomic E-state index is 0.0367. The number of hydrogen-bond acceptors (Lipinski definition) is 4. The van der Waals surface area contributed by atoms with E-state index < -0.39 is 14.9 Å². The molecule has 120 valence electrons. The molecular formula is C16H16N2O4S. The van der Waals surface area contributed by atoms with Crippen LogP contribution in [0.2, 0.25) is 0 Å². The van der Waals surface area contributed by atoms with Crippen molar-refractivity contribution >= 4 is 15.7 Å². The highest BCUT2D eigenvalue weighted by atomic mass is 32.2. The SMILES string of the molecule is Cc1ccc([N+](=O)[O-])cc1S(=O)(=O)NC1CC1c1ccccc1. The number of non-ortho nitro benzene ring substituents is 1. The van der Waals surface area contributed by atoms with Gasteiger partial charge in [-0.3, -0.25) is 10.1 Å². The molecular weight excluding hydrogens is 316 g/mol. The summed E-state index contributed by atoms with van der Waals surface area (Å²) in [4.78, 5) is 10.2. The van der Waals surface area contributed by atoms with Gasteiger partial charge in [0.15, 0.2) is 0 Å². The summed E-state index contributed by atoms with van der Waals surface area (Å²) in [7, 11) is -3.78. The number of benzene rings is 2. The minimum atomic E-state index is -3.78. The Balaban J connectivity index is 1.81. The number of nitrogens with zero attached hydrogens (tertiary/aromatic N) is 1. The molecule has 0 amide bonds. The van der Waals surface area contributed by atoms with E-state index in [1.807, 2.05) is 30.3 Å². The Morgan fingerprint density at radius 1 is 1.17 bits per heavy atom. The second-order valence-corrected chi connectivity index (χ2v) is 7.37. The standard InChI is InChI=1S/C16H16N2O4S/c1-11-7-8-13(18(19)20)9-16(11)23(21,22)17-15-10-14(15)12-5-3-2-4-6-12/h2-9,14-15,17H,10H2,1H3. The van der Waals surface area contributed by atoms with Crippen LogP contribution in [0.1, 0.15) is 23.5 Å². The average Bonchev–Trinajstić information content (AvgIpc) is 3.26. The second kappa shape index (κ2) is 5.75. The molecule has 1 aliphatic carbocycles. The molecule has 2 unspecified atom stereocenters. The number of hydrogen-bond donors (Lipinski definition) is 1. The summed E-state index contributed by atoms with van der Waals surface area (Å²) >= 11 is 0. The molecule has 6 nitrogen and oxygen atoms in total. The summed E-state index contributed by atoms with van der Waals surface area (Å²) in [6.07, 6.45) is 0.733.